The van der Waals surface area contributed by atoms with Crippen molar-refractivity contribution in [1.82, 2.24) is 4.98 Å². The van der Waals surface area contributed by atoms with Gasteiger partial charge < -0.3 is 4.74 Å². The van der Waals surface area contributed by atoms with Crippen molar-refractivity contribution in [2.45, 2.75) is 46.1 Å². The van der Waals surface area contributed by atoms with Gasteiger partial charge in [0.2, 0.25) is 0 Å². The fourth-order valence-corrected chi connectivity index (χ4v) is 1.32. The molecule has 1 unspecified atom stereocenters. The van der Waals surface area contributed by atoms with Crippen LogP contribution in [0.3, 0.4) is 0 Å². The van der Waals surface area contributed by atoms with Crippen molar-refractivity contribution in [3.63, 3.8) is 0 Å². The zero-order valence-electron chi connectivity index (χ0n) is 10.9. The summed E-state index contributed by atoms with van der Waals surface area (Å²) in [4.78, 5) is 15.8. The SMILES string of the molecule is Cc1nc(C(C)C(=O)OC(C)(C)C)ccc1F. The number of aryl methyl sites for hydroxylation is 1. The molecule has 0 bridgehead atoms. The van der Waals surface area contributed by atoms with Gasteiger partial charge in [0.15, 0.2) is 0 Å². The van der Waals surface area contributed by atoms with Crippen molar-refractivity contribution in [1.29, 1.82) is 0 Å². The smallest absolute Gasteiger partial charge is 0.315 e. The normalized spacial score (nSPS) is 13.3. The van der Waals surface area contributed by atoms with Gasteiger partial charge in [-0.25, -0.2) is 4.39 Å². The third-order valence-corrected chi connectivity index (χ3v) is 2.25. The molecule has 1 heterocycles. The Labute approximate surface area is 101 Å². The summed E-state index contributed by atoms with van der Waals surface area (Å²) in [6, 6.07) is 2.83. The molecule has 4 heteroatoms. The topological polar surface area (TPSA) is 39.2 Å². The quantitative estimate of drug-likeness (QED) is 0.745. The number of esters is 1. The maximum absolute atomic E-state index is 13.1. The number of ether oxygens (including phenoxy) is 1. The van der Waals surface area contributed by atoms with E-state index >= 15 is 0 Å². The number of halogens is 1. The van der Waals surface area contributed by atoms with Crippen LogP contribution in [0.4, 0.5) is 4.39 Å². The lowest BCUT2D eigenvalue weighted by molar-refractivity contribution is -0.156. The maximum Gasteiger partial charge on any atom is 0.315 e. The Bertz CT molecular complexity index is 424. The first-order valence-corrected chi connectivity index (χ1v) is 5.56. The minimum absolute atomic E-state index is 0.290. The van der Waals surface area contributed by atoms with E-state index in [1.807, 2.05) is 0 Å². The van der Waals surface area contributed by atoms with Crippen LogP contribution < -0.4 is 0 Å². The molecule has 1 aromatic heterocycles. The summed E-state index contributed by atoms with van der Waals surface area (Å²) in [6.45, 7) is 8.69. The third kappa shape index (κ3) is 3.80. The standard InChI is InChI=1S/C13H18FNO2/c1-8(12(16)17-13(3,4)5)11-7-6-10(14)9(2)15-11/h6-8H,1-5H3. The average molecular weight is 239 g/mol. The Kier molecular flexibility index (Phi) is 3.86. The summed E-state index contributed by atoms with van der Waals surface area (Å²) >= 11 is 0. The van der Waals surface area contributed by atoms with Crippen LogP contribution in [0.2, 0.25) is 0 Å². The predicted molar refractivity (Wildman–Crippen MR) is 63.2 cm³/mol. The highest BCUT2D eigenvalue weighted by molar-refractivity contribution is 5.77. The Hall–Kier alpha value is -1.45. The molecule has 94 valence electrons. The van der Waals surface area contributed by atoms with Crippen LogP contribution >= 0.6 is 0 Å². The Balaban J connectivity index is 2.85. The fourth-order valence-electron chi connectivity index (χ4n) is 1.32. The number of hydrogen-bond donors (Lipinski definition) is 0. The highest BCUT2D eigenvalue weighted by atomic mass is 19.1. The van der Waals surface area contributed by atoms with Crippen molar-refractivity contribution in [2.75, 3.05) is 0 Å². The first kappa shape index (κ1) is 13.6. The third-order valence-electron chi connectivity index (χ3n) is 2.25. The zero-order chi connectivity index (χ0) is 13.2. The summed E-state index contributed by atoms with van der Waals surface area (Å²) < 4.78 is 18.3. The number of rotatable bonds is 2. The fraction of sp³-hybridized carbons (Fsp3) is 0.538. The lowest BCUT2D eigenvalue weighted by atomic mass is 10.1. The molecule has 0 saturated heterocycles. The summed E-state index contributed by atoms with van der Waals surface area (Å²) in [5.74, 6) is -1.21. The summed E-state index contributed by atoms with van der Waals surface area (Å²) in [5, 5.41) is 0. The minimum atomic E-state index is -0.527. The van der Waals surface area contributed by atoms with Crippen molar-refractivity contribution in [3.05, 3.63) is 29.3 Å². The number of nitrogens with zero attached hydrogens (tertiary/aromatic N) is 1. The number of aromatic nitrogens is 1. The van der Waals surface area contributed by atoms with Gasteiger partial charge in [0, 0.05) is 0 Å². The molecule has 0 radical (unpaired) electrons. The molecule has 0 aromatic carbocycles. The second-order valence-electron chi connectivity index (χ2n) is 5.06. The molecule has 0 aliphatic carbocycles. The molecule has 0 N–H and O–H groups in total. The van der Waals surface area contributed by atoms with E-state index in [0.29, 0.717) is 5.69 Å². The maximum atomic E-state index is 13.1. The van der Waals surface area contributed by atoms with Gasteiger partial charge >= 0.3 is 5.97 Å². The second kappa shape index (κ2) is 4.82. The van der Waals surface area contributed by atoms with Gasteiger partial charge in [-0.05, 0) is 46.8 Å². The van der Waals surface area contributed by atoms with Gasteiger partial charge in [-0.1, -0.05) is 0 Å². The Morgan fingerprint density at radius 3 is 2.47 bits per heavy atom. The van der Waals surface area contributed by atoms with E-state index in [0.717, 1.165) is 0 Å². The van der Waals surface area contributed by atoms with Gasteiger partial charge in [0.25, 0.3) is 0 Å². The van der Waals surface area contributed by atoms with Crippen LogP contribution in [0.15, 0.2) is 12.1 Å². The number of pyridine rings is 1. The Morgan fingerprint density at radius 2 is 2.00 bits per heavy atom. The second-order valence-corrected chi connectivity index (χ2v) is 5.06. The van der Waals surface area contributed by atoms with Crippen LogP contribution in [0.1, 0.15) is 45.0 Å². The van der Waals surface area contributed by atoms with Crippen LogP contribution in [-0.4, -0.2) is 16.6 Å². The molecule has 3 nitrogen and oxygen atoms in total. The van der Waals surface area contributed by atoms with E-state index in [9.17, 15) is 9.18 Å². The Morgan fingerprint density at radius 1 is 1.41 bits per heavy atom. The first-order chi connectivity index (χ1) is 7.70. The molecule has 1 aromatic rings. The number of hydrogen-bond acceptors (Lipinski definition) is 3. The van der Waals surface area contributed by atoms with Crippen molar-refractivity contribution in [3.8, 4) is 0 Å². The average Bonchev–Trinajstić information content (AvgIpc) is 2.18. The molecular formula is C13H18FNO2. The lowest BCUT2D eigenvalue weighted by Gasteiger charge is -2.22. The summed E-state index contributed by atoms with van der Waals surface area (Å²) in [7, 11) is 0. The van der Waals surface area contributed by atoms with Gasteiger partial charge in [0.05, 0.1) is 17.3 Å². The van der Waals surface area contributed by atoms with E-state index in [1.165, 1.54) is 12.1 Å². The van der Waals surface area contributed by atoms with E-state index in [2.05, 4.69) is 4.98 Å². The molecule has 0 fully saturated rings. The number of carbonyl (C=O) groups is 1. The lowest BCUT2D eigenvalue weighted by Crippen LogP contribution is -2.27. The van der Waals surface area contributed by atoms with Gasteiger partial charge in [-0.15, -0.1) is 0 Å². The summed E-state index contributed by atoms with van der Waals surface area (Å²) in [6.07, 6.45) is 0. The highest BCUT2D eigenvalue weighted by Gasteiger charge is 2.24. The predicted octanol–water partition coefficient (Wildman–Crippen LogP) is 2.97. The molecule has 0 spiro atoms. The van der Waals surface area contributed by atoms with E-state index in [1.54, 1.807) is 34.6 Å². The zero-order valence-corrected chi connectivity index (χ0v) is 10.9. The molecule has 0 saturated carbocycles. The minimum Gasteiger partial charge on any atom is -0.459 e. The molecular weight excluding hydrogens is 221 g/mol. The highest BCUT2D eigenvalue weighted by Crippen LogP contribution is 2.19. The molecule has 0 aliphatic rings. The number of carbonyl (C=O) groups excluding carboxylic acids is 1. The van der Waals surface area contributed by atoms with Crippen molar-refractivity contribution in [2.24, 2.45) is 0 Å². The van der Waals surface area contributed by atoms with Crippen LogP contribution in [0.25, 0.3) is 0 Å². The summed E-state index contributed by atoms with van der Waals surface area (Å²) in [5.41, 5.74) is 0.288. The van der Waals surface area contributed by atoms with E-state index in [-0.39, 0.29) is 17.5 Å². The van der Waals surface area contributed by atoms with Crippen molar-refractivity contribution < 1.29 is 13.9 Å². The molecule has 1 atom stereocenters. The molecule has 0 aliphatic heterocycles. The van der Waals surface area contributed by atoms with Crippen molar-refractivity contribution >= 4 is 5.97 Å². The molecule has 1 rings (SSSR count). The molecule has 17 heavy (non-hydrogen) atoms. The van der Waals surface area contributed by atoms with Crippen LogP contribution in [-0.2, 0) is 9.53 Å². The largest absolute Gasteiger partial charge is 0.459 e. The van der Waals surface area contributed by atoms with Gasteiger partial charge in [-0.3, -0.25) is 9.78 Å². The van der Waals surface area contributed by atoms with E-state index in [4.69, 9.17) is 4.74 Å². The molecule has 0 amide bonds. The van der Waals surface area contributed by atoms with Crippen LogP contribution in [0.5, 0.6) is 0 Å². The monoisotopic (exact) mass is 239 g/mol. The van der Waals surface area contributed by atoms with E-state index < -0.39 is 11.5 Å². The van der Waals surface area contributed by atoms with Gasteiger partial charge in [0.1, 0.15) is 11.4 Å². The van der Waals surface area contributed by atoms with Crippen LogP contribution in [0, 0.1) is 12.7 Å². The van der Waals surface area contributed by atoms with Gasteiger partial charge in [-0.2, -0.15) is 0 Å². The first-order valence-electron chi connectivity index (χ1n) is 5.56.